The predicted octanol–water partition coefficient (Wildman–Crippen LogP) is 10.2. The first-order valence-electron chi connectivity index (χ1n) is 22.0. The van der Waals surface area contributed by atoms with Gasteiger partial charge in [0.25, 0.3) is 23.6 Å². The molecule has 4 amide bonds. The van der Waals surface area contributed by atoms with Crippen LogP contribution < -0.4 is 9.80 Å². The van der Waals surface area contributed by atoms with E-state index in [1.54, 1.807) is 0 Å². The number of hydrogen-bond donors (Lipinski definition) is 0. The fraction of sp³-hybridized carbons (Fsp3) is 0.689. The van der Waals surface area contributed by atoms with Gasteiger partial charge in [0, 0.05) is 96.1 Å². The molecule has 4 aliphatic rings. The molecule has 2 fully saturated rings. The van der Waals surface area contributed by atoms with Gasteiger partial charge in [0.2, 0.25) is 0 Å². The summed E-state index contributed by atoms with van der Waals surface area (Å²) >= 11 is 7.95. The molecule has 2 atom stereocenters. The molecule has 0 bridgehead atoms. The van der Waals surface area contributed by atoms with Crippen LogP contribution in [0.3, 0.4) is 0 Å². The Kier molecular flexibility index (Phi) is 17.2. The Morgan fingerprint density at radius 2 is 0.895 bits per heavy atom. The molecule has 2 aromatic carbocycles. The molecule has 0 spiro atoms. The Bertz CT molecular complexity index is 1720. The zero-order valence-corrected chi connectivity index (χ0v) is 38.3. The van der Waals surface area contributed by atoms with Gasteiger partial charge in [-0.05, 0) is 56.1 Å². The Hall–Kier alpha value is -2.02. The highest BCUT2D eigenvalue weighted by atomic mass is 32.2. The van der Waals surface area contributed by atoms with Crippen molar-refractivity contribution >= 4 is 92.8 Å². The minimum absolute atomic E-state index is 0.204. The molecule has 2 unspecified atom stereocenters. The molecule has 2 aromatic rings. The lowest BCUT2D eigenvalue weighted by atomic mass is 9.82. The second kappa shape index (κ2) is 22.0. The molecule has 4 heterocycles. The first-order valence-corrected chi connectivity index (χ1v) is 26.7. The summed E-state index contributed by atoms with van der Waals surface area (Å²) in [5.41, 5.74) is 3.44. The van der Waals surface area contributed by atoms with E-state index in [9.17, 15) is 9.59 Å². The minimum Gasteiger partial charge on any atom is -0.371 e. The van der Waals surface area contributed by atoms with Crippen molar-refractivity contribution in [2.45, 2.75) is 98.3 Å². The maximum Gasteiger partial charge on any atom is 0.263 e. The van der Waals surface area contributed by atoms with Gasteiger partial charge in [0.15, 0.2) is 0 Å². The van der Waals surface area contributed by atoms with Crippen LogP contribution in [0.15, 0.2) is 12.1 Å². The van der Waals surface area contributed by atoms with E-state index in [2.05, 4.69) is 37.5 Å². The quantitative estimate of drug-likeness (QED) is 0.171. The number of imide groups is 2. The maximum atomic E-state index is 15.2. The highest BCUT2D eigenvalue weighted by Gasteiger charge is 2.44. The fourth-order valence-electron chi connectivity index (χ4n) is 8.90. The number of anilines is 2. The van der Waals surface area contributed by atoms with Crippen molar-refractivity contribution in [2.75, 3.05) is 95.1 Å². The molecule has 0 aromatic heterocycles. The summed E-state index contributed by atoms with van der Waals surface area (Å²) in [6, 6.07) is 3.91. The number of piperidine rings is 1. The third-order valence-corrected chi connectivity index (χ3v) is 17.0. The summed E-state index contributed by atoms with van der Waals surface area (Å²) in [6.07, 6.45) is 11.1. The summed E-state index contributed by atoms with van der Waals surface area (Å²) in [7, 11) is 0. The lowest BCUT2D eigenvalue weighted by Gasteiger charge is -2.39. The molecule has 12 heteroatoms. The first-order chi connectivity index (χ1) is 27.8. The van der Waals surface area contributed by atoms with E-state index in [0.29, 0.717) is 46.1 Å². The molecular weight excluding hydrogens is 789 g/mol. The maximum absolute atomic E-state index is 15.2. The van der Waals surface area contributed by atoms with E-state index < -0.39 is 0 Å². The zero-order valence-electron chi connectivity index (χ0n) is 35.0. The standard InChI is InChI=1S/C45H66N4O4S4/c1-5-9-14-32(7-3)30-48-43(51)35-29-37(47-18-20-54-22-24-56-26-27-57-25-23-55-21-19-47)41-39-34(42(50)49(45(41)53)31-33(8-4)15-10-6-2)28-36(40(38(35)39)44(48)52)46-16-12-11-13-17-46/h28-29,32-33H,5-27,30-31H2,1-4H3. The second-order valence-electron chi connectivity index (χ2n) is 16.1. The zero-order chi connectivity index (χ0) is 40.3. The highest BCUT2D eigenvalue weighted by Crippen LogP contribution is 2.47. The number of carbonyl (C=O) groups is 4. The molecule has 8 nitrogen and oxygen atoms in total. The average molecular weight is 855 g/mol. The molecule has 57 heavy (non-hydrogen) atoms. The van der Waals surface area contributed by atoms with Gasteiger partial charge >= 0.3 is 0 Å². The van der Waals surface area contributed by atoms with Crippen LogP contribution in [0.4, 0.5) is 11.4 Å². The molecule has 0 aliphatic carbocycles. The number of benzene rings is 2. The first kappa shape index (κ1) is 44.5. The summed E-state index contributed by atoms with van der Waals surface area (Å²) < 4.78 is 0. The molecule has 0 radical (unpaired) electrons. The van der Waals surface area contributed by atoms with E-state index in [-0.39, 0.29) is 35.5 Å². The van der Waals surface area contributed by atoms with E-state index in [0.717, 1.165) is 143 Å². The third-order valence-electron chi connectivity index (χ3n) is 12.4. The van der Waals surface area contributed by atoms with Gasteiger partial charge in [0.05, 0.1) is 33.6 Å². The normalized spacial score (nSPS) is 20.2. The van der Waals surface area contributed by atoms with Crippen molar-refractivity contribution < 1.29 is 19.2 Å². The SMILES string of the molecule is CCCCC(CC)CN1C(=O)c2cc(N3CCSCCSCCSCCSCC3)c3c4c(cc(N5CCCCC5)c(c24)C1=O)C(=O)N(CC(CC)CCCC)C3=O. The van der Waals surface area contributed by atoms with Crippen LogP contribution in [-0.4, -0.2) is 119 Å². The van der Waals surface area contributed by atoms with E-state index in [1.165, 1.54) is 21.3 Å². The van der Waals surface area contributed by atoms with Crippen molar-refractivity contribution in [1.29, 1.82) is 0 Å². The van der Waals surface area contributed by atoms with Crippen molar-refractivity contribution in [3.63, 3.8) is 0 Å². The Morgan fingerprint density at radius 1 is 0.509 bits per heavy atom. The second-order valence-corrected chi connectivity index (χ2v) is 21.0. The molecule has 6 rings (SSSR count). The van der Waals surface area contributed by atoms with Gasteiger partial charge < -0.3 is 9.80 Å². The van der Waals surface area contributed by atoms with Gasteiger partial charge in [-0.2, -0.15) is 47.0 Å². The molecule has 4 aliphatic heterocycles. The van der Waals surface area contributed by atoms with E-state index in [4.69, 9.17) is 0 Å². The topological polar surface area (TPSA) is 81.2 Å². The van der Waals surface area contributed by atoms with E-state index in [1.807, 2.05) is 59.2 Å². The van der Waals surface area contributed by atoms with Crippen LogP contribution in [0.2, 0.25) is 0 Å². The lowest BCUT2D eigenvalue weighted by molar-refractivity contribution is 0.0559. The van der Waals surface area contributed by atoms with Crippen molar-refractivity contribution in [3.8, 4) is 0 Å². The number of carbonyl (C=O) groups excluding carboxylic acids is 4. The van der Waals surface area contributed by atoms with Crippen LogP contribution in [0.5, 0.6) is 0 Å². The molecule has 0 saturated carbocycles. The summed E-state index contributed by atoms with van der Waals surface area (Å²) in [4.78, 5) is 67.8. The Labute approximate surface area is 359 Å². The summed E-state index contributed by atoms with van der Waals surface area (Å²) in [5, 5.41) is 1.05. The van der Waals surface area contributed by atoms with Gasteiger partial charge in [-0.3, -0.25) is 29.0 Å². The molecular formula is C45H66N4O4S4. The van der Waals surface area contributed by atoms with Crippen molar-refractivity contribution in [3.05, 3.63) is 34.4 Å². The third kappa shape index (κ3) is 10.3. The smallest absolute Gasteiger partial charge is 0.263 e. The summed E-state index contributed by atoms with van der Waals surface area (Å²) in [5.74, 6) is 7.85. The minimum atomic E-state index is -0.291. The van der Waals surface area contributed by atoms with Crippen LogP contribution in [0, 0.1) is 11.8 Å². The van der Waals surface area contributed by atoms with Crippen LogP contribution >= 0.6 is 47.0 Å². The Balaban J connectivity index is 1.55. The molecule has 0 N–H and O–H groups in total. The molecule has 2 saturated heterocycles. The van der Waals surface area contributed by atoms with Gasteiger partial charge in [-0.25, -0.2) is 0 Å². The highest BCUT2D eigenvalue weighted by molar-refractivity contribution is 8.05. The van der Waals surface area contributed by atoms with Crippen LogP contribution in [-0.2, 0) is 0 Å². The van der Waals surface area contributed by atoms with E-state index >= 15 is 9.59 Å². The number of thioether (sulfide) groups is 4. The number of hydrogen-bond acceptors (Lipinski definition) is 10. The molecule has 314 valence electrons. The monoisotopic (exact) mass is 854 g/mol. The largest absolute Gasteiger partial charge is 0.371 e. The van der Waals surface area contributed by atoms with Gasteiger partial charge in [-0.1, -0.05) is 66.2 Å². The van der Waals surface area contributed by atoms with Gasteiger partial charge in [-0.15, -0.1) is 0 Å². The number of nitrogens with zero attached hydrogens (tertiary/aromatic N) is 4. The lowest BCUT2D eigenvalue weighted by Crippen LogP contribution is -2.47. The average Bonchev–Trinajstić information content (AvgIpc) is 3.24. The van der Waals surface area contributed by atoms with Crippen LogP contribution in [0.25, 0.3) is 10.8 Å². The number of rotatable bonds is 14. The number of unbranched alkanes of at least 4 members (excludes halogenated alkanes) is 2. The van der Waals surface area contributed by atoms with Crippen molar-refractivity contribution in [1.82, 2.24) is 9.80 Å². The van der Waals surface area contributed by atoms with Crippen molar-refractivity contribution in [2.24, 2.45) is 11.8 Å². The Morgan fingerprint density at radius 3 is 1.28 bits per heavy atom. The number of amides is 4. The van der Waals surface area contributed by atoms with Crippen LogP contribution in [0.1, 0.15) is 140 Å². The van der Waals surface area contributed by atoms with Gasteiger partial charge in [0.1, 0.15) is 0 Å². The summed E-state index contributed by atoms with van der Waals surface area (Å²) in [6.45, 7) is 12.5. The predicted molar refractivity (Wildman–Crippen MR) is 249 cm³/mol. The fourth-order valence-corrected chi connectivity index (χ4v) is 13.2.